The number of allylic oxidation sites excluding steroid dienone is 1. The number of nitrogens with zero attached hydrogens (tertiary/aromatic N) is 1. The summed E-state index contributed by atoms with van der Waals surface area (Å²) in [5, 5.41) is 12.6. The predicted octanol–water partition coefficient (Wildman–Crippen LogP) is 9.18. The topological polar surface area (TPSA) is 121 Å². The molecule has 5 aliphatic rings. The molecule has 0 bridgehead atoms. The van der Waals surface area contributed by atoms with E-state index in [-0.39, 0.29) is 57.9 Å². The zero-order valence-electron chi connectivity index (χ0n) is 33.2. The molecule has 5 fully saturated rings. The minimum atomic E-state index is -0.886. The highest BCUT2D eigenvalue weighted by Gasteiger charge is 2.71. The van der Waals surface area contributed by atoms with Crippen LogP contribution in [0, 0.1) is 69.0 Å². The summed E-state index contributed by atoms with van der Waals surface area (Å²) in [6.45, 7) is 25.4. The summed E-state index contributed by atoms with van der Waals surface area (Å²) in [5.74, 6) is 2.35. The number of nitrogens with one attached hydrogen (secondary N) is 2. The largest absolute Gasteiger partial charge is 0.481 e. The van der Waals surface area contributed by atoms with Crippen molar-refractivity contribution in [3.63, 3.8) is 0 Å². The van der Waals surface area contributed by atoms with Crippen LogP contribution in [0.1, 0.15) is 150 Å². The molecule has 0 aromatic carbocycles. The van der Waals surface area contributed by atoms with Crippen LogP contribution in [-0.2, 0) is 25.7 Å². The SMILES string of the molecule is C=C(C)[C@@H]1CC[C@]2(CC(=O)NCc3ncc(C)[nH]3)CC[C@]3(C)[C@H](CC[C@@H]4[C@@]5(C)CC[C@H](OC(=O)CC(C)(C)CC(=O)O)C(C)(C)[C@@H]5CC[C@]43C)[C@@H]12. The number of H-pyrrole nitrogens is 1. The van der Waals surface area contributed by atoms with E-state index in [9.17, 15) is 19.5 Å². The average molecular weight is 706 g/mol. The molecule has 5 aliphatic carbocycles. The smallest absolute Gasteiger partial charge is 0.306 e. The number of imidazole rings is 1. The van der Waals surface area contributed by atoms with E-state index in [1.807, 2.05) is 27.0 Å². The molecule has 8 heteroatoms. The molecule has 0 unspecified atom stereocenters. The van der Waals surface area contributed by atoms with Crippen LogP contribution in [0.25, 0.3) is 0 Å². The molecule has 8 nitrogen and oxygen atoms in total. The maximum Gasteiger partial charge on any atom is 0.306 e. The van der Waals surface area contributed by atoms with Crippen molar-refractivity contribution in [2.45, 2.75) is 158 Å². The summed E-state index contributed by atoms with van der Waals surface area (Å²) in [6, 6.07) is 0. The van der Waals surface area contributed by atoms with E-state index in [1.165, 1.54) is 31.3 Å². The summed E-state index contributed by atoms with van der Waals surface area (Å²) in [5.41, 5.74) is 2.03. The quantitative estimate of drug-likeness (QED) is 0.165. The molecule has 0 aliphatic heterocycles. The molecule has 1 heterocycles. The molecule has 51 heavy (non-hydrogen) atoms. The number of aromatic nitrogens is 2. The number of carboxylic acid groups (broad SMARTS) is 1. The fourth-order valence-corrected chi connectivity index (χ4v) is 14.0. The van der Waals surface area contributed by atoms with Crippen molar-refractivity contribution in [1.82, 2.24) is 15.3 Å². The minimum absolute atomic E-state index is 0.0181. The van der Waals surface area contributed by atoms with Gasteiger partial charge < -0.3 is 20.1 Å². The van der Waals surface area contributed by atoms with Crippen LogP contribution >= 0.6 is 0 Å². The van der Waals surface area contributed by atoms with Gasteiger partial charge in [-0.15, -0.1) is 0 Å². The monoisotopic (exact) mass is 706 g/mol. The highest BCUT2D eigenvalue weighted by molar-refractivity contribution is 5.77. The molecule has 0 spiro atoms. The standard InChI is InChI=1S/C43H67N3O5/c1-26(2)28-13-18-43(21-34(47)45-25-33-44-24-27(3)46-33)20-19-41(9)29(37(28)43)11-12-31-40(8)16-15-32(39(6,7)30(40)14-17-42(31,41)10)51-36(50)23-38(4,5)22-35(48)49/h24,28-32,37H,1,11-23,25H2,2-10H3,(H,44,46)(H,45,47)(H,48,49)/t28-,29+,30-,31+,32-,37+,40-,41+,42+,43+/m0/s1. The van der Waals surface area contributed by atoms with E-state index < -0.39 is 11.4 Å². The lowest BCUT2D eigenvalue weighted by Crippen LogP contribution is -2.67. The van der Waals surface area contributed by atoms with Gasteiger partial charge in [0.1, 0.15) is 11.9 Å². The Morgan fingerprint density at radius 3 is 2.33 bits per heavy atom. The third-order valence-electron chi connectivity index (χ3n) is 16.4. The van der Waals surface area contributed by atoms with Gasteiger partial charge in [0.05, 0.1) is 19.4 Å². The number of carboxylic acids is 1. The van der Waals surface area contributed by atoms with Crippen LogP contribution in [0.4, 0.5) is 0 Å². The number of amides is 1. The third-order valence-corrected chi connectivity index (χ3v) is 16.4. The van der Waals surface area contributed by atoms with Gasteiger partial charge in [0.25, 0.3) is 0 Å². The Bertz CT molecular complexity index is 1550. The van der Waals surface area contributed by atoms with Gasteiger partial charge in [-0.3, -0.25) is 14.4 Å². The normalized spacial score (nSPS) is 39.9. The molecule has 0 saturated heterocycles. The molecule has 1 aromatic rings. The molecule has 0 radical (unpaired) electrons. The van der Waals surface area contributed by atoms with Gasteiger partial charge in [-0.1, -0.05) is 60.6 Å². The number of hydrogen-bond acceptors (Lipinski definition) is 5. The van der Waals surface area contributed by atoms with Crippen molar-refractivity contribution >= 4 is 17.8 Å². The molecular formula is C43H67N3O5. The zero-order chi connectivity index (χ0) is 37.4. The van der Waals surface area contributed by atoms with Crippen molar-refractivity contribution in [2.24, 2.45) is 62.1 Å². The minimum Gasteiger partial charge on any atom is -0.481 e. The second-order valence-corrected chi connectivity index (χ2v) is 20.3. The van der Waals surface area contributed by atoms with E-state index in [1.54, 1.807) is 0 Å². The number of fused-ring (bicyclic) bond motifs is 7. The van der Waals surface area contributed by atoms with Gasteiger partial charge >= 0.3 is 11.9 Å². The molecule has 10 atom stereocenters. The van der Waals surface area contributed by atoms with Crippen molar-refractivity contribution in [2.75, 3.05) is 0 Å². The summed E-state index contributed by atoms with van der Waals surface area (Å²) in [6.07, 6.45) is 13.5. The van der Waals surface area contributed by atoms with E-state index in [2.05, 4.69) is 63.4 Å². The highest BCUT2D eigenvalue weighted by atomic mass is 16.5. The second-order valence-electron chi connectivity index (χ2n) is 20.3. The van der Waals surface area contributed by atoms with E-state index >= 15 is 0 Å². The van der Waals surface area contributed by atoms with Crippen LogP contribution in [0.15, 0.2) is 18.3 Å². The average Bonchev–Trinajstić information content (AvgIpc) is 3.60. The molecule has 1 aromatic heterocycles. The van der Waals surface area contributed by atoms with Crippen LogP contribution < -0.4 is 5.32 Å². The highest BCUT2D eigenvalue weighted by Crippen LogP contribution is 2.78. The van der Waals surface area contributed by atoms with Crippen LogP contribution in [0.2, 0.25) is 0 Å². The van der Waals surface area contributed by atoms with Gasteiger partial charge in [-0.05, 0) is 135 Å². The first-order valence-electron chi connectivity index (χ1n) is 20.0. The Morgan fingerprint density at radius 2 is 1.69 bits per heavy atom. The number of aromatic amines is 1. The summed E-state index contributed by atoms with van der Waals surface area (Å²) >= 11 is 0. The lowest BCUT2D eigenvalue weighted by atomic mass is 9.32. The summed E-state index contributed by atoms with van der Waals surface area (Å²) < 4.78 is 6.27. The van der Waals surface area contributed by atoms with Crippen molar-refractivity contribution in [3.05, 3.63) is 29.9 Å². The Balaban J connectivity index is 1.21. The van der Waals surface area contributed by atoms with Crippen LogP contribution in [0.5, 0.6) is 0 Å². The van der Waals surface area contributed by atoms with Gasteiger partial charge in [0.2, 0.25) is 5.91 Å². The first kappa shape index (κ1) is 38.1. The maximum atomic E-state index is 13.7. The van der Waals surface area contributed by atoms with Crippen molar-refractivity contribution in [1.29, 1.82) is 0 Å². The first-order valence-corrected chi connectivity index (χ1v) is 20.0. The number of aryl methyl sites for hydroxylation is 1. The number of ether oxygens (including phenoxy) is 1. The van der Waals surface area contributed by atoms with Gasteiger partial charge in [-0.25, -0.2) is 4.98 Å². The van der Waals surface area contributed by atoms with Gasteiger partial charge in [0.15, 0.2) is 0 Å². The molecule has 5 saturated carbocycles. The lowest BCUT2D eigenvalue weighted by molar-refractivity contribution is -0.250. The number of esters is 1. The summed E-state index contributed by atoms with van der Waals surface area (Å²) in [4.78, 5) is 45.9. The Labute approximate surface area is 307 Å². The molecule has 3 N–H and O–H groups in total. The number of carbonyl (C=O) groups is 3. The molecule has 284 valence electrons. The van der Waals surface area contributed by atoms with Crippen LogP contribution in [-0.4, -0.2) is 39.0 Å². The second kappa shape index (κ2) is 13.0. The Morgan fingerprint density at radius 1 is 0.961 bits per heavy atom. The summed E-state index contributed by atoms with van der Waals surface area (Å²) in [7, 11) is 0. The fraction of sp³-hybridized carbons (Fsp3) is 0.814. The number of carbonyl (C=O) groups excluding carboxylic acids is 2. The van der Waals surface area contributed by atoms with E-state index in [0.29, 0.717) is 42.6 Å². The number of aliphatic carboxylic acids is 1. The van der Waals surface area contributed by atoms with Crippen LogP contribution in [0.3, 0.4) is 0 Å². The van der Waals surface area contributed by atoms with Crippen molar-refractivity contribution in [3.8, 4) is 0 Å². The molecule has 1 amide bonds. The number of hydrogen-bond donors (Lipinski definition) is 3. The Kier molecular flexibility index (Phi) is 9.74. The van der Waals surface area contributed by atoms with E-state index in [4.69, 9.17) is 4.74 Å². The fourth-order valence-electron chi connectivity index (χ4n) is 14.0. The van der Waals surface area contributed by atoms with Gasteiger partial charge in [-0.2, -0.15) is 0 Å². The predicted molar refractivity (Wildman–Crippen MR) is 199 cm³/mol. The lowest BCUT2D eigenvalue weighted by Gasteiger charge is -2.73. The molecule has 6 rings (SSSR count). The Hall–Kier alpha value is -2.64. The molecular weight excluding hydrogens is 638 g/mol. The van der Waals surface area contributed by atoms with Gasteiger partial charge in [0, 0.05) is 23.7 Å². The van der Waals surface area contributed by atoms with Crippen molar-refractivity contribution < 1.29 is 24.2 Å². The maximum absolute atomic E-state index is 13.7. The number of rotatable bonds is 10. The first-order chi connectivity index (χ1) is 23.7. The third kappa shape index (κ3) is 6.40. The zero-order valence-corrected chi connectivity index (χ0v) is 33.2. The van der Waals surface area contributed by atoms with E-state index in [0.717, 1.165) is 50.0 Å².